The van der Waals surface area contributed by atoms with Crippen LogP contribution in [-0.2, 0) is 0 Å². The maximum absolute atomic E-state index is 13.3. The van der Waals surface area contributed by atoms with Crippen molar-refractivity contribution in [1.82, 2.24) is 0 Å². The molecule has 4 nitrogen and oxygen atoms in total. The molecule has 0 spiro atoms. The lowest BCUT2D eigenvalue weighted by atomic mass is 9.79. The lowest BCUT2D eigenvalue weighted by Gasteiger charge is -2.08. The Morgan fingerprint density at radius 1 is 1.15 bits per heavy atom. The number of benzene rings is 2. The number of amides is 1. The molecular formula is C14H13BFNO3. The second-order valence-electron chi connectivity index (χ2n) is 4.43. The summed E-state index contributed by atoms with van der Waals surface area (Å²) in [4.78, 5) is 12.0. The summed E-state index contributed by atoms with van der Waals surface area (Å²) in [5.41, 5.74) is 1.49. The van der Waals surface area contributed by atoms with E-state index in [0.717, 1.165) is 17.7 Å². The van der Waals surface area contributed by atoms with E-state index in [4.69, 9.17) is 10.0 Å². The van der Waals surface area contributed by atoms with Crippen LogP contribution in [0, 0.1) is 12.7 Å². The van der Waals surface area contributed by atoms with Gasteiger partial charge in [0.05, 0.1) is 0 Å². The molecule has 6 heteroatoms. The fourth-order valence-electron chi connectivity index (χ4n) is 1.72. The predicted molar refractivity (Wildman–Crippen MR) is 75.4 cm³/mol. The van der Waals surface area contributed by atoms with E-state index in [9.17, 15) is 9.18 Å². The van der Waals surface area contributed by atoms with Crippen LogP contribution < -0.4 is 10.8 Å². The molecule has 0 radical (unpaired) electrons. The zero-order valence-electron chi connectivity index (χ0n) is 10.8. The Balaban J connectivity index is 2.21. The van der Waals surface area contributed by atoms with Gasteiger partial charge in [0.2, 0.25) is 0 Å². The highest BCUT2D eigenvalue weighted by molar-refractivity contribution is 6.58. The standard InChI is InChI=1S/C14H13BFNO3/c1-9-2-5-11(6-3-9)17-14(18)10-4-7-13(16)12(8-10)15(19)20/h2-8,19-20H,1H3,(H,17,18). The fourth-order valence-corrected chi connectivity index (χ4v) is 1.72. The van der Waals surface area contributed by atoms with Gasteiger partial charge < -0.3 is 15.4 Å². The predicted octanol–water partition coefficient (Wildman–Crippen LogP) is 1.07. The summed E-state index contributed by atoms with van der Waals surface area (Å²) in [5.74, 6) is -1.22. The Labute approximate surface area is 116 Å². The van der Waals surface area contributed by atoms with Crippen LogP contribution in [-0.4, -0.2) is 23.1 Å². The van der Waals surface area contributed by atoms with Crippen LogP contribution in [0.2, 0.25) is 0 Å². The summed E-state index contributed by atoms with van der Waals surface area (Å²) in [6.45, 7) is 1.93. The Hall–Kier alpha value is -2.18. The maximum Gasteiger partial charge on any atom is 0.491 e. The Morgan fingerprint density at radius 3 is 2.40 bits per heavy atom. The summed E-state index contributed by atoms with van der Waals surface area (Å²) < 4.78 is 13.3. The molecule has 2 rings (SSSR count). The number of hydrogen-bond donors (Lipinski definition) is 3. The lowest BCUT2D eigenvalue weighted by molar-refractivity contribution is 0.102. The molecule has 0 aliphatic carbocycles. The smallest absolute Gasteiger partial charge is 0.423 e. The minimum Gasteiger partial charge on any atom is -0.423 e. The average molecular weight is 273 g/mol. The van der Waals surface area contributed by atoms with Crippen molar-refractivity contribution in [2.75, 3.05) is 5.32 Å². The van der Waals surface area contributed by atoms with Crippen molar-refractivity contribution >= 4 is 24.2 Å². The number of hydrogen-bond acceptors (Lipinski definition) is 3. The van der Waals surface area contributed by atoms with Crippen molar-refractivity contribution in [2.45, 2.75) is 6.92 Å². The Morgan fingerprint density at radius 2 is 1.80 bits per heavy atom. The molecule has 3 N–H and O–H groups in total. The molecule has 0 atom stereocenters. The Bertz CT molecular complexity index is 629. The van der Waals surface area contributed by atoms with Crippen molar-refractivity contribution in [3.8, 4) is 0 Å². The number of nitrogens with one attached hydrogen (secondary N) is 1. The number of anilines is 1. The topological polar surface area (TPSA) is 69.6 Å². The van der Waals surface area contributed by atoms with Crippen LogP contribution in [0.1, 0.15) is 15.9 Å². The first kappa shape index (κ1) is 14.2. The van der Waals surface area contributed by atoms with Crippen LogP contribution in [0.5, 0.6) is 0 Å². The van der Waals surface area contributed by atoms with Gasteiger partial charge in [-0.15, -0.1) is 0 Å². The van der Waals surface area contributed by atoms with E-state index in [1.165, 1.54) is 6.07 Å². The summed E-state index contributed by atoms with van der Waals surface area (Å²) in [7, 11) is -1.96. The van der Waals surface area contributed by atoms with E-state index in [0.29, 0.717) is 5.69 Å². The van der Waals surface area contributed by atoms with Gasteiger partial charge in [-0.25, -0.2) is 4.39 Å². The molecule has 0 aliphatic heterocycles. The van der Waals surface area contributed by atoms with Crippen molar-refractivity contribution in [1.29, 1.82) is 0 Å². The summed E-state index contributed by atoms with van der Waals surface area (Å²) >= 11 is 0. The number of carbonyl (C=O) groups is 1. The van der Waals surface area contributed by atoms with Crippen LogP contribution in [0.4, 0.5) is 10.1 Å². The molecule has 0 bridgehead atoms. The second kappa shape index (κ2) is 5.86. The third-order valence-corrected chi connectivity index (χ3v) is 2.85. The van der Waals surface area contributed by atoms with E-state index in [1.807, 2.05) is 19.1 Å². The summed E-state index contributed by atoms with van der Waals surface area (Å²) in [6, 6.07) is 10.6. The first-order valence-corrected chi connectivity index (χ1v) is 6.01. The van der Waals surface area contributed by atoms with Crippen LogP contribution in [0.3, 0.4) is 0 Å². The van der Waals surface area contributed by atoms with Crippen LogP contribution in [0.15, 0.2) is 42.5 Å². The van der Waals surface area contributed by atoms with Gasteiger partial charge in [-0.3, -0.25) is 4.79 Å². The number of halogens is 1. The van der Waals surface area contributed by atoms with Crippen molar-refractivity contribution < 1.29 is 19.2 Å². The van der Waals surface area contributed by atoms with Crippen LogP contribution >= 0.6 is 0 Å². The largest absolute Gasteiger partial charge is 0.491 e. The monoisotopic (exact) mass is 273 g/mol. The first-order chi connectivity index (χ1) is 9.47. The van der Waals surface area contributed by atoms with Gasteiger partial charge in [-0.1, -0.05) is 17.7 Å². The molecule has 20 heavy (non-hydrogen) atoms. The molecule has 0 aliphatic rings. The quantitative estimate of drug-likeness (QED) is 0.732. The highest BCUT2D eigenvalue weighted by Gasteiger charge is 2.18. The lowest BCUT2D eigenvalue weighted by Crippen LogP contribution is -2.33. The zero-order valence-corrected chi connectivity index (χ0v) is 10.8. The van der Waals surface area contributed by atoms with Gasteiger partial charge in [-0.05, 0) is 37.3 Å². The van der Waals surface area contributed by atoms with E-state index >= 15 is 0 Å². The molecule has 102 valence electrons. The maximum atomic E-state index is 13.3. The van der Waals surface area contributed by atoms with Gasteiger partial charge in [0, 0.05) is 16.7 Å². The molecule has 2 aromatic rings. The van der Waals surface area contributed by atoms with E-state index in [-0.39, 0.29) is 11.0 Å². The van der Waals surface area contributed by atoms with Gasteiger partial charge in [0.1, 0.15) is 5.82 Å². The van der Waals surface area contributed by atoms with Gasteiger partial charge in [0.25, 0.3) is 5.91 Å². The number of carbonyl (C=O) groups excluding carboxylic acids is 1. The first-order valence-electron chi connectivity index (χ1n) is 6.01. The Kier molecular flexibility index (Phi) is 4.17. The normalized spacial score (nSPS) is 10.2. The zero-order chi connectivity index (χ0) is 14.7. The van der Waals surface area contributed by atoms with Gasteiger partial charge in [-0.2, -0.15) is 0 Å². The highest BCUT2D eigenvalue weighted by atomic mass is 19.1. The third kappa shape index (κ3) is 3.23. The van der Waals surface area contributed by atoms with E-state index < -0.39 is 18.8 Å². The second-order valence-corrected chi connectivity index (χ2v) is 4.43. The minimum absolute atomic E-state index is 0.148. The molecule has 0 saturated heterocycles. The third-order valence-electron chi connectivity index (χ3n) is 2.85. The van der Waals surface area contributed by atoms with Crippen molar-refractivity contribution in [3.05, 3.63) is 59.4 Å². The molecule has 0 saturated carbocycles. The molecule has 0 unspecified atom stereocenters. The summed E-state index contributed by atoms with van der Waals surface area (Å²) in [6.07, 6.45) is 0. The molecular weight excluding hydrogens is 260 g/mol. The molecule has 0 aromatic heterocycles. The van der Waals surface area contributed by atoms with Crippen LogP contribution in [0.25, 0.3) is 0 Å². The average Bonchev–Trinajstić information content (AvgIpc) is 2.41. The molecule has 2 aromatic carbocycles. The van der Waals surface area contributed by atoms with E-state index in [2.05, 4.69) is 5.32 Å². The van der Waals surface area contributed by atoms with Crippen molar-refractivity contribution in [3.63, 3.8) is 0 Å². The van der Waals surface area contributed by atoms with Crippen molar-refractivity contribution in [2.24, 2.45) is 0 Å². The van der Waals surface area contributed by atoms with Gasteiger partial charge in [0.15, 0.2) is 0 Å². The van der Waals surface area contributed by atoms with E-state index in [1.54, 1.807) is 12.1 Å². The molecule has 1 amide bonds. The SMILES string of the molecule is Cc1ccc(NC(=O)c2ccc(F)c(B(O)O)c2)cc1. The molecule has 0 fully saturated rings. The number of aryl methyl sites for hydroxylation is 1. The fraction of sp³-hybridized carbons (Fsp3) is 0.0714. The molecule has 0 heterocycles. The van der Waals surface area contributed by atoms with Gasteiger partial charge >= 0.3 is 7.12 Å². The summed E-state index contributed by atoms with van der Waals surface area (Å²) in [5, 5.41) is 20.7. The highest BCUT2D eigenvalue weighted by Crippen LogP contribution is 2.11. The number of rotatable bonds is 3. The minimum atomic E-state index is -1.96.